The lowest BCUT2D eigenvalue weighted by atomic mass is 10.4. The Kier molecular flexibility index (Phi) is 5.05. The zero-order chi connectivity index (χ0) is 18.0. The zero-order valence-electron chi connectivity index (χ0n) is 14.8. The van der Waals surface area contributed by atoms with E-state index in [1.807, 2.05) is 26.8 Å². The number of hydrogen-bond acceptors (Lipinski definition) is 6. The SMILES string of the molecule is Cc1cc(N2CCCC2)nc(CNS(=O)(=O)c2cn(C(C)C)cn2)n1. The van der Waals surface area contributed by atoms with E-state index in [1.54, 1.807) is 4.57 Å². The maximum Gasteiger partial charge on any atom is 0.259 e. The molecule has 0 bridgehead atoms. The van der Waals surface area contributed by atoms with Gasteiger partial charge in [0.15, 0.2) is 5.03 Å². The topological polar surface area (TPSA) is 93.0 Å². The van der Waals surface area contributed by atoms with Crippen LogP contribution in [-0.2, 0) is 16.6 Å². The first-order valence-corrected chi connectivity index (χ1v) is 9.96. The van der Waals surface area contributed by atoms with Crippen molar-refractivity contribution in [2.45, 2.75) is 51.2 Å². The molecule has 2 aromatic rings. The molecule has 9 heteroatoms. The summed E-state index contributed by atoms with van der Waals surface area (Å²) in [7, 11) is -3.69. The molecular formula is C16H24N6O2S. The van der Waals surface area contributed by atoms with Crippen molar-refractivity contribution in [3.05, 3.63) is 30.1 Å². The summed E-state index contributed by atoms with van der Waals surface area (Å²) < 4.78 is 29.1. The fourth-order valence-corrected chi connectivity index (χ4v) is 3.69. The van der Waals surface area contributed by atoms with Gasteiger partial charge in [-0.25, -0.2) is 28.1 Å². The third kappa shape index (κ3) is 4.16. The highest BCUT2D eigenvalue weighted by Gasteiger charge is 2.19. The van der Waals surface area contributed by atoms with Gasteiger partial charge >= 0.3 is 0 Å². The molecule has 25 heavy (non-hydrogen) atoms. The van der Waals surface area contributed by atoms with E-state index in [0.717, 1.165) is 37.4 Å². The van der Waals surface area contributed by atoms with Crippen LogP contribution in [0.5, 0.6) is 0 Å². The van der Waals surface area contributed by atoms with Crippen LogP contribution in [0.25, 0.3) is 0 Å². The fraction of sp³-hybridized carbons (Fsp3) is 0.562. The van der Waals surface area contributed by atoms with Gasteiger partial charge in [0.2, 0.25) is 0 Å². The summed E-state index contributed by atoms with van der Waals surface area (Å²) in [6.45, 7) is 7.82. The number of anilines is 1. The molecule has 1 fully saturated rings. The lowest BCUT2D eigenvalue weighted by molar-refractivity contribution is 0.573. The number of hydrogen-bond donors (Lipinski definition) is 1. The standard InChI is InChI=1S/C16H24N6O2S/c1-12(2)22-10-16(17-11-22)25(23,24)18-9-14-19-13(3)8-15(20-14)21-6-4-5-7-21/h8,10-12,18H,4-7,9H2,1-3H3. The second-order valence-corrected chi connectivity index (χ2v) is 8.27. The lowest BCUT2D eigenvalue weighted by Gasteiger charge is -2.17. The molecule has 2 aromatic heterocycles. The van der Waals surface area contributed by atoms with Gasteiger partial charge < -0.3 is 9.47 Å². The summed E-state index contributed by atoms with van der Waals surface area (Å²) in [5, 5.41) is 0.00798. The highest BCUT2D eigenvalue weighted by atomic mass is 32.2. The van der Waals surface area contributed by atoms with Crippen LogP contribution in [0.3, 0.4) is 0 Å². The smallest absolute Gasteiger partial charge is 0.259 e. The minimum Gasteiger partial charge on any atom is -0.357 e. The number of imidazole rings is 1. The fourth-order valence-electron chi connectivity index (χ4n) is 2.77. The summed E-state index contributed by atoms with van der Waals surface area (Å²) >= 11 is 0. The Hall–Kier alpha value is -2.00. The molecule has 1 N–H and O–H groups in total. The Morgan fingerprint density at radius 1 is 1.24 bits per heavy atom. The first kappa shape index (κ1) is 17.8. The largest absolute Gasteiger partial charge is 0.357 e. The number of aromatic nitrogens is 4. The van der Waals surface area contributed by atoms with E-state index in [-0.39, 0.29) is 17.6 Å². The van der Waals surface area contributed by atoms with Gasteiger partial charge in [0.1, 0.15) is 11.6 Å². The average molecular weight is 364 g/mol. The molecule has 0 unspecified atom stereocenters. The highest BCUT2D eigenvalue weighted by molar-refractivity contribution is 7.89. The third-order valence-electron chi connectivity index (χ3n) is 4.19. The maximum atomic E-state index is 12.4. The molecule has 3 heterocycles. The van der Waals surface area contributed by atoms with E-state index < -0.39 is 10.0 Å². The minimum absolute atomic E-state index is 0.00798. The molecule has 1 saturated heterocycles. The Morgan fingerprint density at radius 2 is 1.96 bits per heavy atom. The maximum absolute atomic E-state index is 12.4. The molecule has 8 nitrogen and oxygen atoms in total. The Morgan fingerprint density at radius 3 is 2.60 bits per heavy atom. The van der Waals surface area contributed by atoms with E-state index >= 15 is 0 Å². The molecule has 0 amide bonds. The van der Waals surface area contributed by atoms with Gasteiger partial charge in [0.25, 0.3) is 10.0 Å². The number of nitrogens with one attached hydrogen (secondary N) is 1. The summed E-state index contributed by atoms with van der Waals surface area (Å²) in [4.78, 5) is 15.0. The molecule has 0 spiro atoms. The second-order valence-electron chi connectivity index (χ2n) is 6.56. The molecular weight excluding hydrogens is 340 g/mol. The van der Waals surface area contributed by atoms with Gasteiger partial charge in [0.05, 0.1) is 12.9 Å². The van der Waals surface area contributed by atoms with Crippen LogP contribution in [0.4, 0.5) is 5.82 Å². The van der Waals surface area contributed by atoms with E-state index in [2.05, 4.69) is 24.6 Å². The number of sulfonamides is 1. The van der Waals surface area contributed by atoms with E-state index in [0.29, 0.717) is 5.82 Å². The molecule has 3 rings (SSSR count). The molecule has 0 aliphatic carbocycles. The molecule has 0 saturated carbocycles. The Labute approximate surface area is 148 Å². The van der Waals surface area contributed by atoms with Gasteiger partial charge in [-0.3, -0.25) is 0 Å². The Bertz CT molecular complexity index is 840. The van der Waals surface area contributed by atoms with Gasteiger partial charge in [0, 0.05) is 37.1 Å². The lowest BCUT2D eigenvalue weighted by Crippen LogP contribution is -2.26. The summed E-state index contributed by atoms with van der Waals surface area (Å²) in [5.41, 5.74) is 0.829. The molecule has 0 aromatic carbocycles. The molecule has 1 aliphatic rings. The van der Waals surface area contributed by atoms with Crippen LogP contribution in [-0.4, -0.2) is 41.0 Å². The quantitative estimate of drug-likeness (QED) is 0.838. The molecule has 1 aliphatic heterocycles. The van der Waals surface area contributed by atoms with Crippen molar-refractivity contribution in [1.82, 2.24) is 24.2 Å². The third-order valence-corrected chi connectivity index (χ3v) is 5.47. The monoisotopic (exact) mass is 364 g/mol. The second kappa shape index (κ2) is 7.09. The van der Waals surface area contributed by atoms with Crippen molar-refractivity contribution < 1.29 is 8.42 Å². The predicted molar refractivity (Wildman–Crippen MR) is 94.9 cm³/mol. The number of rotatable bonds is 6. The molecule has 0 atom stereocenters. The van der Waals surface area contributed by atoms with Crippen molar-refractivity contribution in [2.75, 3.05) is 18.0 Å². The van der Waals surface area contributed by atoms with Crippen molar-refractivity contribution in [3.63, 3.8) is 0 Å². The Balaban J connectivity index is 1.73. The normalized spacial score (nSPS) is 15.3. The van der Waals surface area contributed by atoms with Crippen LogP contribution in [0.2, 0.25) is 0 Å². The summed E-state index contributed by atoms with van der Waals surface area (Å²) in [5.74, 6) is 1.33. The minimum atomic E-state index is -3.69. The van der Waals surface area contributed by atoms with E-state index in [1.165, 1.54) is 12.5 Å². The van der Waals surface area contributed by atoms with Crippen molar-refractivity contribution >= 4 is 15.8 Å². The van der Waals surface area contributed by atoms with Crippen molar-refractivity contribution in [2.24, 2.45) is 0 Å². The van der Waals surface area contributed by atoms with Gasteiger partial charge in [-0.15, -0.1) is 0 Å². The van der Waals surface area contributed by atoms with Gasteiger partial charge in [-0.2, -0.15) is 0 Å². The van der Waals surface area contributed by atoms with Crippen molar-refractivity contribution in [3.8, 4) is 0 Å². The van der Waals surface area contributed by atoms with Gasteiger partial charge in [-0.1, -0.05) is 0 Å². The van der Waals surface area contributed by atoms with E-state index in [4.69, 9.17) is 0 Å². The van der Waals surface area contributed by atoms with Crippen LogP contribution >= 0.6 is 0 Å². The van der Waals surface area contributed by atoms with Crippen molar-refractivity contribution in [1.29, 1.82) is 0 Å². The van der Waals surface area contributed by atoms with Crippen LogP contribution in [0.1, 0.15) is 44.2 Å². The molecule has 136 valence electrons. The van der Waals surface area contributed by atoms with Crippen LogP contribution < -0.4 is 9.62 Å². The first-order chi connectivity index (χ1) is 11.8. The average Bonchev–Trinajstić information content (AvgIpc) is 3.24. The number of nitrogens with zero attached hydrogens (tertiary/aromatic N) is 5. The number of aryl methyl sites for hydroxylation is 1. The molecule has 0 radical (unpaired) electrons. The van der Waals surface area contributed by atoms with Crippen LogP contribution in [0.15, 0.2) is 23.6 Å². The van der Waals surface area contributed by atoms with Crippen LogP contribution in [0, 0.1) is 6.92 Å². The zero-order valence-corrected chi connectivity index (χ0v) is 15.6. The first-order valence-electron chi connectivity index (χ1n) is 8.48. The summed E-state index contributed by atoms with van der Waals surface area (Å²) in [6, 6.07) is 2.09. The van der Waals surface area contributed by atoms with E-state index in [9.17, 15) is 8.42 Å². The predicted octanol–water partition coefficient (Wildman–Crippen LogP) is 1.64. The summed E-state index contributed by atoms with van der Waals surface area (Å²) in [6.07, 6.45) is 5.36. The highest BCUT2D eigenvalue weighted by Crippen LogP contribution is 2.18. The van der Waals surface area contributed by atoms with Gasteiger partial charge in [-0.05, 0) is 33.6 Å².